The van der Waals surface area contributed by atoms with Crippen molar-refractivity contribution < 1.29 is 18.0 Å². The maximum atomic E-state index is 12.4. The second kappa shape index (κ2) is 7.67. The van der Waals surface area contributed by atoms with Gasteiger partial charge in [0.15, 0.2) is 0 Å². The Kier molecular flexibility index (Phi) is 6.52. The lowest BCUT2D eigenvalue weighted by Crippen LogP contribution is -2.40. The summed E-state index contributed by atoms with van der Waals surface area (Å²) in [5, 5.41) is 0.333. The number of nitrogens with zero attached hydrogens (tertiary/aromatic N) is 1. The van der Waals surface area contributed by atoms with Crippen molar-refractivity contribution in [3.63, 3.8) is 0 Å². The van der Waals surface area contributed by atoms with Crippen molar-refractivity contribution in [3.8, 4) is 0 Å². The van der Waals surface area contributed by atoms with Crippen molar-refractivity contribution in [2.45, 2.75) is 25.9 Å². The normalized spacial score (nSPS) is 11.4. The van der Waals surface area contributed by atoms with Gasteiger partial charge in [-0.15, -0.1) is 0 Å². The Morgan fingerprint density at radius 1 is 1.35 bits per heavy atom. The lowest BCUT2D eigenvalue weighted by Gasteiger charge is -2.23. The average molecular weight is 352 g/mol. The number of benzene rings is 1. The van der Waals surface area contributed by atoms with Crippen LogP contribution < -0.4 is 0 Å². The van der Waals surface area contributed by atoms with E-state index < -0.39 is 18.6 Å². The van der Waals surface area contributed by atoms with Crippen molar-refractivity contribution >= 4 is 21.8 Å². The summed E-state index contributed by atoms with van der Waals surface area (Å²) in [5.74, 6) is -0.469. The van der Waals surface area contributed by atoms with Gasteiger partial charge >= 0.3 is 6.18 Å². The fourth-order valence-corrected chi connectivity index (χ4v) is 2.32. The van der Waals surface area contributed by atoms with Gasteiger partial charge in [-0.25, -0.2) is 0 Å². The van der Waals surface area contributed by atoms with Gasteiger partial charge in [0.2, 0.25) is 5.91 Å². The molecule has 0 fully saturated rings. The molecule has 112 valence electrons. The molecule has 20 heavy (non-hydrogen) atoms. The molecule has 0 aliphatic heterocycles. The molecule has 1 aromatic rings. The zero-order valence-electron chi connectivity index (χ0n) is 11.2. The molecular formula is C14H17BrF3NO. The SMILES string of the molecule is Cc1cccc(CCC(=O)N(CCBr)CC(F)(F)F)c1. The Morgan fingerprint density at radius 3 is 2.60 bits per heavy atom. The van der Waals surface area contributed by atoms with Crippen LogP contribution in [0.4, 0.5) is 13.2 Å². The van der Waals surface area contributed by atoms with E-state index in [1.54, 1.807) is 0 Å². The third kappa shape index (κ3) is 6.41. The van der Waals surface area contributed by atoms with Crippen molar-refractivity contribution in [1.82, 2.24) is 4.90 Å². The Morgan fingerprint density at radius 2 is 2.05 bits per heavy atom. The van der Waals surface area contributed by atoms with Crippen LogP contribution in [-0.4, -0.2) is 35.4 Å². The molecule has 1 rings (SSSR count). The minimum atomic E-state index is -4.36. The summed E-state index contributed by atoms with van der Waals surface area (Å²) in [5.41, 5.74) is 2.03. The zero-order valence-corrected chi connectivity index (χ0v) is 12.8. The number of halogens is 4. The molecule has 0 heterocycles. The van der Waals surface area contributed by atoms with E-state index in [2.05, 4.69) is 15.9 Å². The van der Waals surface area contributed by atoms with Crippen molar-refractivity contribution in [2.24, 2.45) is 0 Å². The van der Waals surface area contributed by atoms with Crippen LogP contribution in [0.25, 0.3) is 0 Å². The van der Waals surface area contributed by atoms with Gasteiger partial charge in [0, 0.05) is 18.3 Å². The van der Waals surface area contributed by atoms with E-state index in [1.807, 2.05) is 31.2 Å². The topological polar surface area (TPSA) is 20.3 Å². The standard InChI is InChI=1S/C14H17BrF3NO/c1-11-3-2-4-12(9-11)5-6-13(20)19(8-7-15)10-14(16,17)18/h2-4,9H,5-8,10H2,1H3. The average Bonchev–Trinajstić information content (AvgIpc) is 2.34. The monoisotopic (exact) mass is 351 g/mol. The zero-order chi connectivity index (χ0) is 15.2. The summed E-state index contributed by atoms with van der Waals surface area (Å²) in [6.45, 7) is 0.809. The number of amides is 1. The van der Waals surface area contributed by atoms with Gasteiger partial charge in [-0.1, -0.05) is 45.8 Å². The Balaban J connectivity index is 2.58. The summed E-state index contributed by atoms with van der Waals surface area (Å²) >= 11 is 3.07. The van der Waals surface area contributed by atoms with E-state index in [4.69, 9.17) is 0 Å². The minimum Gasteiger partial charge on any atom is -0.333 e. The Hall–Kier alpha value is -1.04. The molecule has 0 saturated heterocycles. The molecule has 6 heteroatoms. The fraction of sp³-hybridized carbons (Fsp3) is 0.500. The van der Waals surface area contributed by atoms with E-state index in [0.29, 0.717) is 11.8 Å². The molecular weight excluding hydrogens is 335 g/mol. The minimum absolute atomic E-state index is 0.0617. The maximum Gasteiger partial charge on any atom is 0.406 e. The van der Waals surface area contributed by atoms with Crippen LogP contribution in [0.15, 0.2) is 24.3 Å². The van der Waals surface area contributed by atoms with Crippen LogP contribution in [-0.2, 0) is 11.2 Å². The first-order valence-corrected chi connectivity index (χ1v) is 7.40. The van der Waals surface area contributed by atoms with E-state index in [1.165, 1.54) is 0 Å². The van der Waals surface area contributed by atoms with Gasteiger partial charge in [-0.2, -0.15) is 13.2 Å². The molecule has 1 aromatic carbocycles. The van der Waals surface area contributed by atoms with Crippen LogP contribution in [0.3, 0.4) is 0 Å². The summed E-state index contributed by atoms with van der Waals surface area (Å²) < 4.78 is 37.2. The van der Waals surface area contributed by atoms with Crippen LogP contribution >= 0.6 is 15.9 Å². The summed E-state index contributed by atoms with van der Waals surface area (Å²) in [6, 6.07) is 7.62. The lowest BCUT2D eigenvalue weighted by atomic mass is 10.1. The van der Waals surface area contributed by atoms with E-state index in [9.17, 15) is 18.0 Å². The number of rotatable bonds is 6. The highest BCUT2D eigenvalue weighted by Crippen LogP contribution is 2.17. The predicted octanol–water partition coefficient (Wildman–Crippen LogP) is 3.71. The second-order valence-corrected chi connectivity index (χ2v) is 5.40. The quantitative estimate of drug-likeness (QED) is 0.715. The Labute approximate surface area is 125 Å². The van der Waals surface area contributed by atoms with Crippen molar-refractivity contribution in [1.29, 1.82) is 0 Å². The molecule has 1 amide bonds. The number of aryl methyl sites for hydroxylation is 2. The van der Waals surface area contributed by atoms with E-state index in [0.717, 1.165) is 16.0 Å². The smallest absolute Gasteiger partial charge is 0.333 e. The molecule has 2 nitrogen and oxygen atoms in total. The summed E-state index contributed by atoms with van der Waals surface area (Å²) in [4.78, 5) is 12.7. The first-order valence-electron chi connectivity index (χ1n) is 6.28. The fourth-order valence-electron chi connectivity index (χ4n) is 1.89. The molecule has 0 unspecified atom stereocenters. The highest BCUT2D eigenvalue weighted by Gasteiger charge is 2.32. The van der Waals surface area contributed by atoms with Gasteiger partial charge in [-0.05, 0) is 18.9 Å². The van der Waals surface area contributed by atoms with E-state index >= 15 is 0 Å². The molecule has 0 aliphatic carbocycles. The molecule has 0 aliphatic rings. The first kappa shape index (κ1) is 17.0. The number of hydrogen-bond donors (Lipinski definition) is 0. The third-order valence-corrected chi connectivity index (χ3v) is 3.14. The molecule has 0 bridgehead atoms. The first-order chi connectivity index (χ1) is 9.31. The number of hydrogen-bond acceptors (Lipinski definition) is 1. The van der Waals surface area contributed by atoms with Crippen LogP contribution in [0.5, 0.6) is 0 Å². The summed E-state index contributed by atoms with van der Waals surface area (Å²) in [7, 11) is 0. The largest absolute Gasteiger partial charge is 0.406 e. The maximum absolute atomic E-state index is 12.4. The Bertz CT molecular complexity index is 448. The van der Waals surface area contributed by atoms with Crippen LogP contribution in [0.2, 0.25) is 0 Å². The molecule has 0 spiro atoms. The molecule has 0 atom stereocenters. The van der Waals surface area contributed by atoms with Gasteiger partial charge < -0.3 is 4.90 Å². The van der Waals surface area contributed by atoms with Gasteiger partial charge in [0.05, 0.1) is 0 Å². The second-order valence-electron chi connectivity index (χ2n) is 4.61. The van der Waals surface area contributed by atoms with Crippen LogP contribution in [0.1, 0.15) is 17.5 Å². The van der Waals surface area contributed by atoms with Gasteiger partial charge in [0.1, 0.15) is 6.54 Å². The lowest BCUT2D eigenvalue weighted by molar-refractivity contribution is -0.160. The van der Waals surface area contributed by atoms with E-state index in [-0.39, 0.29) is 13.0 Å². The number of alkyl halides is 4. The molecule has 0 aromatic heterocycles. The molecule has 0 saturated carbocycles. The predicted molar refractivity (Wildman–Crippen MR) is 75.9 cm³/mol. The van der Waals surface area contributed by atoms with Crippen molar-refractivity contribution in [2.75, 3.05) is 18.4 Å². The summed E-state index contributed by atoms with van der Waals surface area (Å²) in [6.07, 6.45) is -3.81. The van der Waals surface area contributed by atoms with Gasteiger partial charge in [-0.3, -0.25) is 4.79 Å². The third-order valence-electron chi connectivity index (χ3n) is 2.79. The highest BCUT2D eigenvalue weighted by atomic mass is 79.9. The van der Waals surface area contributed by atoms with Crippen LogP contribution in [0, 0.1) is 6.92 Å². The molecule has 0 radical (unpaired) electrons. The molecule has 0 N–H and O–H groups in total. The number of carbonyl (C=O) groups excluding carboxylic acids is 1. The number of carbonyl (C=O) groups is 1. The van der Waals surface area contributed by atoms with Gasteiger partial charge in [0.25, 0.3) is 0 Å². The highest BCUT2D eigenvalue weighted by molar-refractivity contribution is 9.09. The van der Waals surface area contributed by atoms with Crippen molar-refractivity contribution in [3.05, 3.63) is 35.4 Å².